The maximum atomic E-state index is 11.7. The molecule has 0 bridgehead atoms. The van der Waals surface area contributed by atoms with Crippen molar-refractivity contribution < 1.29 is 4.79 Å². The van der Waals surface area contributed by atoms with Gasteiger partial charge in [0.05, 0.1) is 11.4 Å². The third kappa shape index (κ3) is 3.10. The standard InChI is InChI=1S/C10H14BrNOS/c1-3-12(10(13)8(2)11)7-9-5-4-6-14-9/h4-6,8H,3,7H2,1-2H3. The number of rotatable bonds is 4. The molecule has 1 unspecified atom stereocenters. The van der Waals surface area contributed by atoms with Crippen molar-refractivity contribution in [2.24, 2.45) is 0 Å². The highest BCUT2D eigenvalue weighted by atomic mass is 79.9. The summed E-state index contributed by atoms with van der Waals surface area (Å²) in [4.78, 5) is 14.7. The van der Waals surface area contributed by atoms with E-state index in [9.17, 15) is 4.79 Å². The van der Waals surface area contributed by atoms with E-state index in [2.05, 4.69) is 22.0 Å². The fourth-order valence-corrected chi connectivity index (χ4v) is 2.20. The summed E-state index contributed by atoms with van der Waals surface area (Å²) in [6, 6.07) is 4.06. The molecule has 0 aliphatic rings. The van der Waals surface area contributed by atoms with Gasteiger partial charge in [-0.05, 0) is 25.3 Å². The van der Waals surface area contributed by atoms with Crippen LogP contribution in [0, 0.1) is 0 Å². The van der Waals surface area contributed by atoms with Crippen molar-refractivity contribution in [2.75, 3.05) is 6.54 Å². The zero-order chi connectivity index (χ0) is 10.6. The van der Waals surface area contributed by atoms with Crippen LogP contribution < -0.4 is 0 Å². The van der Waals surface area contributed by atoms with E-state index < -0.39 is 0 Å². The molecule has 1 atom stereocenters. The van der Waals surface area contributed by atoms with Gasteiger partial charge in [-0.3, -0.25) is 4.79 Å². The zero-order valence-corrected chi connectivity index (χ0v) is 10.8. The fraction of sp³-hybridized carbons (Fsp3) is 0.500. The molecule has 0 radical (unpaired) electrons. The Labute approximate surface area is 97.1 Å². The number of carbonyl (C=O) groups is 1. The number of amides is 1. The van der Waals surface area contributed by atoms with Gasteiger partial charge in [-0.1, -0.05) is 22.0 Å². The largest absolute Gasteiger partial charge is 0.337 e. The molecule has 0 aliphatic carbocycles. The first kappa shape index (κ1) is 11.7. The monoisotopic (exact) mass is 275 g/mol. The van der Waals surface area contributed by atoms with E-state index in [1.54, 1.807) is 11.3 Å². The molecule has 1 rings (SSSR count). The Morgan fingerprint density at radius 3 is 2.86 bits per heavy atom. The summed E-state index contributed by atoms with van der Waals surface area (Å²) in [6.45, 7) is 5.34. The molecular formula is C10H14BrNOS. The Kier molecular flexibility index (Phi) is 4.62. The molecule has 0 fully saturated rings. The molecule has 1 amide bonds. The molecule has 78 valence electrons. The van der Waals surface area contributed by atoms with Gasteiger partial charge in [-0.15, -0.1) is 11.3 Å². The highest BCUT2D eigenvalue weighted by Gasteiger charge is 2.16. The zero-order valence-electron chi connectivity index (χ0n) is 8.37. The summed E-state index contributed by atoms with van der Waals surface area (Å²) in [6.07, 6.45) is 0. The SMILES string of the molecule is CCN(Cc1cccs1)C(=O)C(C)Br. The van der Waals surface area contributed by atoms with Crippen LogP contribution in [0.25, 0.3) is 0 Å². The van der Waals surface area contributed by atoms with Gasteiger partial charge in [0.25, 0.3) is 0 Å². The van der Waals surface area contributed by atoms with E-state index in [0.29, 0.717) is 0 Å². The smallest absolute Gasteiger partial charge is 0.236 e. The Hall–Kier alpha value is -0.350. The maximum Gasteiger partial charge on any atom is 0.236 e. The van der Waals surface area contributed by atoms with Crippen LogP contribution >= 0.6 is 27.3 Å². The summed E-state index contributed by atoms with van der Waals surface area (Å²) in [5.41, 5.74) is 0. The third-order valence-electron chi connectivity index (χ3n) is 1.96. The van der Waals surface area contributed by atoms with Gasteiger partial charge in [0.1, 0.15) is 0 Å². The first-order valence-electron chi connectivity index (χ1n) is 4.60. The third-order valence-corrected chi connectivity index (χ3v) is 3.21. The molecule has 0 N–H and O–H groups in total. The minimum Gasteiger partial charge on any atom is -0.337 e. The van der Waals surface area contributed by atoms with Crippen molar-refractivity contribution in [3.63, 3.8) is 0 Å². The number of halogens is 1. The summed E-state index contributed by atoms with van der Waals surface area (Å²) in [5, 5.41) is 2.03. The molecule has 14 heavy (non-hydrogen) atoms. The van der Waals surface area contributed by atoms with Crippen molar-refractivity contribution in [3.8, 4) is 0 Å². The van der Waals surface area contributed by atoms with E-state index in [1.165, 1.54) is 4.88 Å². The van der Waals surface area contributed by atoms with Gasteiger partial charge in [0.15, 0.2) is 0 Å². The summed E-state index contributed by atoms with van der Waals surface area (Å²) >= 11 is 4.98. The van der Waals surface area contributed by atoms with Crippen molar-refractivity contribution in [1.29, 1.82) is 0 Å². The van der Waals surface area contributed by atoms with Gasteiger partial charge in [0.2, 0.25) is 5.91 Å². The second-order valence-corrected chi connectivity index (χ2v) is 5.45. The lowest BCUT2D eigenvalue weighted by atomic mass is 10.3. The number of carbonyl (C=O) groups excluding carboxylic acids is 1. The average molecular weight is 276 g/mol. The Morgan fingerprint density at radius 2 is 2.43 bits per heavy atom. The van der Waals surface area contributed by atoms with Crippen LogP contribution in [0.3, 0.4) is 0 Å². The minimum atomic E-state index is -0.0950. The average Bonchev–Trinajstić information content (AvgIpc) is 2.65. The highest BCUT2D eigenvalue weighted by Crippen LogP contribution is 2.13. The predicted molar refractivity (Wildman–Crippen MR) is 63.8 cm³/mol. The van der Waals surface area contributed by atoms with Gasteiger partial charge >= 0.3 is 0 Å². The van der Waals surface area contributed by atoms with Gasteiger partial charge in [0, 0.05) is 11.4 Å². The molecule has 1 heterocycles. The number of hydrogen-bond donors (Lipinski definition) is 0. The molecule has 0 aromatic carbocycles. The molecule has 0 spiro atoms. The quantitative estimate of drug-likeness (QED) is 0.774. The minimum absolute atomic E-state index is 0.0950. The van der Waals surface area contributed by atoms with Crippen LogP contribution in [-0.2, 0) is 11.3 Å². The second kappa shape index (κ2) is 5.51. The molecule has 2 nitrogen and oxygen atoms in total. The van der Waals surface area contributed by atoms with E-state index in [4.69, 9.17) is 0 Å². The lowest BCUT2D eigenvalue weighted by Gasteiger charge is -2.21. The Morgan fingerprint density at radius 1 is 1.71 bits per heavy atom. The summed E-state index contributed by atoms with van der Waals surface area (Å²) in [7, 11) is 0. The highest BCUT2D eigenvalue weighted by molar-refractivity contribution is 9.10. The van der Waals surface area contributed by atoms with E-state index in [-0.39, 0.29) is 10.7 Å². The van der Waals surface area contributed by atoms with Crippen molar-refractivity contribution in [3.05, 3.63) is 22.4 Å². The second-order valence-electron chi connectivity index (χ2n) is 3.05. The van der Waals surface area contributed by atoms with Crippen molar-refractivity contribution >= 4 is 33.2 Å². The van der Waals surface area contributed by atoms with Crippen LogP contribution in [0.5, 0.6) is 0 Å². The molecule has 1 aromatic heterocycles. The molecule has 0 saturated heterocycles. The van der Waals surface area contributed by atoms with Gasteiger partial charge in [-0.2, -0.15) is 0 Å². The Balaban J connectivity index is 2.60. The Bertz CT molecular complexity index is 284. The van der Waals surface area contributed by atoms with Crippen LogP contribution in [0.2, 0.25) is 0 Å². The normalized spacial score (nSPS) is 12.5. The lowest BCUT2D eigenvalue weighted by Crippen LogP contribution is -2.34. The van der Waals surface area contributed by atoms with Crippen LogP contribution in [0.15, 0.2) is 17.5 Å². The van der Waals surface area contributed by atoms with E-state index in [0.717, 1.165) is 13.1 Å². The lowest BCUT2D eigenvalue weighted by molar-refractivity contribution is -0.130. The molecular weight excluding hydrogens is 262 g/mol. The number of nitrogens with zero attached hydrogens (tertiary/aromatic N) is 1. The van der Waals surface area contributed by atoms with E-state index >= 15 is 0 Å². The van der Waals surface area contributed by atoms with Crippen LogP contribution in [-0.4, -0.2) is 22.2 Å². The van der Waals surface area contributed by atoms with Crippen molar-refractivity contribution in [1.82, 2.24) is 4.90 Å². The molecule has 1 aromatic rings. The van der Waals surface area contributed by atoms with E-state index in [1.807, 2.05) is 30.2 Å². The molecule has 4 heteroatoms. The van der Waals surface area contributed by atoms with Gasteiger partial charge < -0.3 is 4.90 Å². The predicted octanol–water partition coefficient (Wildman–Crippen LogP) is 2.88. The van der Waals surface area contributed by atoms with Gasteiger partial charge in [-0.25, -0.2) is 0 Å². The summed E-state index contributed by atoms with van der Waals surface area (Å²) < 4.78 is 0. The van der Waals surface area contributed by atoms with Crippen LogP contribution in [0.4, 0.5) is 0 Å². The fourth-order valence-electron chi connectivity index (χ4n) is 1.19. The topological polar surface area (TPSA) is 20.3 Å². The number of alkyl halides is 1. The summed E-state index contributed by atoms with van der Waals surface area (Å²) in [5.74, 6) is 0.154. The first-order valence-corrected chi connectivity index (χ1v) is 6.40. The molecule has 0 aliphatic heterocycles. The molecule has 0 saturated carbocycles. The number of thiophene rings is 1. The maximum absolute atomic E-state index is 11.7. The number of hydrogen-bond acceptors (Lipinski definition) is 2. The first-order chi connectivity index (χ1) is 6.65. The van der Waals surface area contributed by atoms with Crippen LogP contribution in [0.1, 0.15) is 18.7 Å². The van der Waals surface area contributed by atoms with Crippen molar-refractivity contribution in [2.45, 2.75) is 25.2 Å².